The van der Waals surface area contributed by atoms with E-state index in [1.54, 1.807) is 0 Å². The number of aliphatic imine (C=N–C) groups is 1. The van der Waals surface area contributed by atoms with E-state index in [1.807, 2.05) is 0 Å². The van der Waals surface area contributed by atoms with Crippen molar-refractivity contribution in [2.45, 2.75) is 56.2 Å². The molecule has 0 bridgehead atoms. The van der Waals surface area contributed by atoms with Gasteiger partial charge in [0.2, 0.25) is 0 Å². The molecule has 3 fully saturated rings. The van der Waals surface area contributed by atoms with Crippen LogP contribution in [-0.2, 0) is 4.74 Å². The Morgan fingerprint density at radius 1 is 1.25 bits per heavy atom. The normalized spacial score (nSPS) is 41.4. The van der Waals surface area contributed by atoms with E-state index in [1.165, 1.54) is 51.6 Å². The van der Waals surface area contributed by atoms with Crippen LogP contribution >= 0.6 is 0 Å². The van der Waals surface area contributed by atoms with Gasteiger partial charge in [0.25, 0.3) is 0 Å². The van der Waals surface area contributed by atoms with Crippen molar-refractivity contribution in [2.75, 3.05) is 32.8 Å². The molecule has 0 saturated carbocycles. The lowest BCUT2D eigenvalue weighted by Crippen LogP contribution is -2.60. The molecule has 0 radical (unpaired) electrons. The van der Waals surface area contributed by atoms with E-state index >= 15 is 0 Å². The van der Waals surface area contributed by atoms with Gasteiger partial charge in [-0.2, -0.15) is 0 Å². The number of fused-ring (bicyclic) bond motifs is 2. The molecule has 0 aromatic carbocycles. The van der Waals surface area contributed by atoms with Crippen LogP contribution in [0.25, 0.3) is 0 Å². The van der Waals surface area contributed by atoms with Crippen LogP contribution in [0.3, 0.4) is 0 Å². The molecule has 4 aliphatic heterocycles. The minimum atomic E-state index is 0.177. The first-order valence-corrected chi connectivity index (χ1v) is 8.23. The summed E-state index contributed by atoms with van der Waals surface area (Å²) in [5.74, 6) is 0.757. The topological polar surface area (TPSA) is 54.1 Å². The van der Waals surface area contributed by atoms with Gasteiger partial charge >= 0.3 is 0 Å². The van der Waals surface area contributed by atoms with E-state index in [2.05, 4.69) is 14.8 Å². The highest BCUT2D eigenvalue weighted by Crippen LogP contribution is 2.42. The predicted molar refractivity (Wildman–Crippen MR) is 78.7 cm³/mol. The number of nitrogens with two attached hydrogens (primary N) is 1. The fourth-order valence-electron chi connectivity index (χ4n) is 4.75. The van der Waals surface area contributed by atoms with E-state index in [4.69, 9.17) is 10.5 Å². The number of hydrogen-bond acceptors (Lipinski definition) is 5. The molecule has 0 aromatic heterocycles. The number of guanidine groups is 1. The Labute approximate surface area is 121 Å². The summed E-state index contributed by atoms with van der Waals surface area (Å²) in [6, 6.07) is 0.655. The number of ether oxygens (including phenoxy) is 1. The van der Waals surface area contributed by atoms with Crippen molar-refractivity contribution in [1.29, 1.82) is 0 Å². The highest BCUT2D eigenvalue weighted by molar-refractivity contribution is 5.81. The molecule has 2 N–H and O–H groups in total. The van der Waals surface area contributed by atoms with Gasteiger partial charge in [-0.25, -0.2) is 0 Å². The lowest BCUT2D eigenvalue weighted by molar-refractivity contribution is 0.0432. The van der Waals surface area contributed by atoms with Crippen LogP contribution in [0.15, 0.2) is 4.99 Å². The number of rotatable bonds is 2. The van der Waals surface area contributed by atoms with Gasteiger partial charge in [-0.15, -0.1) is 0 Å². The molecule has 1 spiro atoms. The highest BCUT2D eigenvalue weighted by Gasteiger charge is 2.54. The Morgan fingerprint density at radius 2 is 2.20 bits per heavy atom. The average molecular weight is 278 g/mol. The maximum atomic E-state index is 6.24. The fraction of sp³-hybridized carbons (Fsp3) is 0.933. The first kappa shape index (κ1) is 12.9. The SMILES string of the molecule is NC1=NCC2(CCN3CCCCC32)N1CC1CCCO1. The van der Waals surface area contributed by atoms with Gasteiger partial charge in [0.1, 0.15) is 0 Å². The molecule has 3 unspecified atom stereocenters. The minimum Gasteiger partial charge on any atom is -0.376 e. The monoisotopic (exact) mass is 278 g/mol. The highest BCUT2D eigenvalue weighted by atomic mass is 16.5. The van der Waals surface area contributed by atoms with E-state index in [0.717, 1.165) is 25.7 Å². The molecule has 0 aliphatic carbocycles. The molecule has 0 amide bonds. The van der Waals surface area contributed by atoms with Crippen LogP contribution < -0.4 is 5.73 Å². The molecule has 0 aromatic rings. The van der Waals surface area contributed by atoms with Crippen molar-refractivity contribution >= 4 is 5.96 Å². The van der Waals surface area contributed by atoms with Crippen LogP contribution in [0.2, 0.25) is 0 Å². The van der Waals surface area contributed by atoms with Gasteiger partial charge in [-0.3, -0.25) is 9.89 Å². The van der Waals surface area contributed by atoms with Crippen molar-refractivity contribution in [3.8, 4) is 0 Å². The van der Waals surface area contributed by atoms with Gasteiger partial charge in [-0.05, 0) is 38.6 Å². The Morgan fingerprint density at radius 3 is 3.05 bits per heavy atom. The second-order valence-electron chi connectivity index (χ2n) is 6.82. The molecule has 3 atom stereocenters. The standard InChI is InChI=1S/C15H26N4O/c16-14-17-11-15(19(14)10-12-4-3-9-20-12)6-8-18-7-2-1-5-13(15)18/h12-13H,1-11H2,(H2,16,17). The van der Waals surface area contributed by atoms with Crippen molar-refractivity contribution in [3.05, 3.63) is 0 Å². The molecule has 5 nitrogen and oxygen atoms in total. The Kier molecular flexibility index (Phi) is 3.15. The van der Waals surface area contributed by atoms with Crippen molar-refractivity contribution in [1.82, 2.24) is 9.80 Å². The molecule has 4 heterocycles. The summed E-state index contributed by atoms with van der Waals surface area (Å²) in [6.07, 6.45) is 7.97. The molecular formula is C15H26N4O. The number of hydrogen-bond donors (Lipinski definition) is 1. The zero-order valence-corrected chi connectivity index (χ0v) is 12.3. The van der Waals surface area contributed by atoms with Crippen molar-refractivity contribution in [3.63, 3.8) is 0 Å². The van der Waals surface area contributed by atoms with Crippen molar-refractivity contribution < 1.29 is 4.74 Å². The lowest BCUT2D eigenvalue weighted by Gasteiger charge is -2.44. The molecular weight excluding hydrogens is 252 g/mol. The third-order valence-electron chi connectivity index (χ3n) is 5.81. The maximum absolute atomic E-state index is 6.24. The first-order valence-electron chi connectivity index (χ1n) is 8.23. The van der Waals surface area contributed by atoms with Crippen LogP contribution in [0, 0.1) is 0 Å². The fourth-order valence-corrected chi connectivity index (χ4v) is 4.75. The third-order valence-corrected chi connectivity index (χ3v) is 5.81. The van der Waals surface area contributed by atoms with Crippen LogP contribution in [-0.4, -0.2) is 66.2 Å². The second-order valence-corrected chi connectivity index (χ2v) is 6.82. The van der Waals surface area contributed by atoms with E-state index in [-0.39, 0.29) is 5.54 Å². The molecule has 4 aliphatic rings. The van der Waals surface area contributed by atoms with Gasteiger partial charge in [0.15, 0.2) is 5.96 Å². The predicted octanol–water partition coefficient (Wildman–Crippen LogP) is 0.793. The zero-order chi connectivity index (χ0) is 13.6. The first-order chi connectivity index (χ1) is 9.79. The molecule has 3 saturated heterocycles. The molecule has 4 rings (SSSR count). The third kappa shape index (κ3) is 1.86. The average Bonchev–Trinajstić information content (AvgIpc) is 3.17. The Bertz CT molecular complexity index is 407. The summed E-state index contributed by atoms with van der Waals surface area (Å²) in [7, 11) is 0. The molecule has 5 heteroatoms. The summed E-state index contributed by atoms with van der Waals surface area (Å²) >= 11 is 0. The van der Waals surface area contributed by atoms with Gasteiger partial charge < -0.3 is 15.4 Å². The second kappa shape index (κ2) is 4.88. The van der Waals surface area contributed by atoms with E-state index < -0.39 is 0 Å². The Balaban J connectivity index is 1.56. The summed E-state index contributed by atoms with van der Waals surface area (Å²) in [5, 5.41) is 0. The maximum Gasteiger partial charge on any atom is 0.192 e. The molecule has 112 valence electrons. The van der Waals surface area contributed by atoms with E-state index in [9.17, 15) is 0 Å². The van der Waals surface area contributed by atoms with Gasteiger partial charge in [-0.1, -0.05) is 6.42 Å². The lowest BCUT2D eigenvalue weighted by atomic mass is 9.84. The van der Waals surface area contributed by atoms with Crippen LogP contribution in [0.4, 0.5) is 0 Å². The number of piperidine rings is 1. The van der Waals surface area contributed by atoms with E-state index in [0.29, 0.717) is 12.1 Å². The zero-order valence-electron chi connectivity index (χ0n) is 12.3. The van der Waals surface area contributed by atoms with Gasteiger partial charge in [0, 0.05) is 25.7 Å². The molecule has 20 heavy (non-hydrogen) atoms. The minimum absolute atomic E-state index is 0.177. The summed E-state index contributed by atoms with van der Waals surface area (Å²) < 4.78 is 5.84. The summed E-state index contributed by atoms with van der Waals surface area (Å²) in [6.45, 7) is 5.24. The quantitative estimate of drug-likeness (QED) is 0.811. The van der Waals surface area contributed by atoms with Crippen molar-refractivity contribution in [2.24, 2.45) is 10.7 Å². The summed E-state index contributed by atoms with van der Waals surface area (Å²) in [4.78, 5) is 9.72. The van der Waals surface area contributed by atoms with Crippen LogP contribution in [0.1, 0.15) is 38.5 Å². The Hall–Kier alpha value is -0.810. The van der Waals surface area contributed by atoms with Gasteiger partial charge in [0.05, 0.1) is 18.2 Å². The van der Waals surface area contributed by atoms with Crippen LogP contribution in [0.5, 0.6) is 0 Å². The summed E-state index contributed by atoms with van der Waals surface area (Å²) in [5.41, 5.74) is 6.41. The smallest absolute Gasteiger partial charge is 0.192 e. The number of nitrogens with zero attached hydrogens (tertiary/aromatic N) is 3. The largest absolute Gasteiger partial charge is 0.376 e.